The second-order valence-corrected chi connectivity index (χ2v) is 4.15. The van der Waals surface area contributed by atoms with E-state index in [0.29, 0.717) is 6.07 Å². The lowest BCUT2D eigenvalue weighted by Gasteiger charge is -2.01. The number of hydrogen-bond acceptors (Lipinski definition) is 2. The smallest absolute Gasteiger partial charge is 0.331 e. The van der Waals surface area contributed by atoms with Crippen molar-refractivity contribution in [1.29, 1.82) is 0 Å². The Morgan fingerprint density at radius 1 is 1.17 bits per heavy atom. The van der Waals surface area contributed by atoms with Crippen LogP contribution in [-0.2, 0) is 0 Å². The fourth-order valence-corrected chi connectivity index (χ4v) is 1.96. The first kappa shape index (κ1) is 12.8. The summed E-state index contributed by atoms with van der Waals surface area (Å²) < 4.78 is 26.2. The van der Waals surface area contributed by atoms with Crippen LogP contribution >= 0.6 is 23.2 Å². The molecule has 0 saturated heterocycles. The minimum Gasteiger partial charge on any atom is -0.358 e. The fourth-order valence-electron chi connectivity index (χ4n) is 1.53. The Balaban J connectivity index is 2.73. The Labute approximate surface area is 109 Å². The van der Waals surface area contributed by atoms with Gasteiger partial charge in [0.15, 0.2) is 0 Å². The maximum absolute atomic E-state index is 13.1. The molecule has 1 aromatic carbocycles. The summed E-state index contributed by atoms with van der Waals surface area (Å²) in [6, 6.07) is 2.51. The summed E-state index contributed by atoms with van der Waals surface area (Å²) in [7, 11) is 0. The van der Waals surface area contributed by atoms with Crippen LogP contribution in [0.3, 0.4) is 0 Å². The first-order valence-electron chi connectivity index (χ1n) is 4.58. The minimum absolute atomic E-state index is 0.0626. The summed E-state index contributed by atoms with van der Waals surface area (Å²) in [6.45, 7) is 0. The number of aromatic nitrogens is 1. The summed E-state index contributed by atoms with van der Waals surface area (Å²) in [5.41, 5.74) is -0.211. The molecule has 2 rings (SSSR count). The van der Waals surface area contributed by atoms with Gasteiger partial charge in [0.05, 0.1) is 5.56 Å². The van der Waals surface area contributed by atoms with Gasteiger partial charge in [-0.1, -0.05) is 11.6 Å². The largest absolute Gasteiger partial charge is 0.358 e. The van der Waals surface area contributed by atoms with Crippen LogP contribution in [0.4, 0.5) is 14.6 Å². The van der Waals surface area contributed by atoms with Crippen molar-refractivity contribution in [2.45, 2.75) is 0 Å². The monoisotopic (exact) mass is 292 g/mol. The summed E-state index contributed by atoms with van der Waals surface area (Å²) >= 11 is 11.4. The predicted octanol–water partition coefficient (Wildman–Crippen LogP) is 4.17. The lowest BCUT2D eigenvalue weighted by molar-refractivity contribution is -0.388. The van der Waals surface area contributed by atoms with Crippen LogP contribution in [0.1, 0.15) is 0 Å². The van der Waals surface area contributed by atoms with E-state index in [0.717, 1.165) is 12.1 Å². The molecule has 4 nitrogen and oxygen atoms in total. The number of nitrogens with one attached hydrogen (secondary N) is 1. The van der Waals surface area contributed by atoms with E-state index in [1.807, 2.05) is 0 Å². The second kappa shape index (κ2) is 4.55. The van der Waals surface area contributed by atoms with Crippen molar-refractivity contribution in [3.8, 4) is 11.1 Å². The molecule has 0 aliphatic carbocycles. The van der Waals surface area contributed by atoms with Crippen molar-refractivity contribution < 1.29 is 13.7 Å². The molecular formula is C10H4Cl2F2N2O2. The van der Waals surface area contributed by atoms with Crippen molar-refractivity contribution in [2.75, 3.05) is 0 Å². The maximum Gasteiger partial charge on any atom is 0.331 e. The summed E-state index contributed by atoms with van der Waals surface area (Å²) in [5, 5.41) is 10.5. The molecule has 0 unspecified atom stereocenters. The van der Waals surface area contributed by atoms with Crippen LogP contribution in [0.2, 0.25) is 10.2 Å². The van der Waals surface area contributed by atoms with Crippen molar-refractivity contribution in [2.24, 2.45) is 0 Å². The Bertz CT molecular complexity index is 623. The highest BCUT2D eigenvalue weighted by Crippen LogP contribution is 2.41. The van der Waals surface area contributed by atoms with E-state index >= 15 is 0 Å². The van der Waals surface area contributed by atoms with Gasteiger partial charge in [0.2, 0.25) is 5.15 Å². The summed E-state index contributed by atoms with van der Waals surface area (Å²) in [5.74, 6) is -2.25. The van der Waals surface area contributed by atoms with E-state index in [1.165, 1.54) is 0 Å². The van der Waals surface area contributed by atoms with Gasteiger partial charge >= 0.3 is 5.82 Å². The molecule has 0 bridgehead atoms. The van der Waals surface area contributed by atoms with Gasteiger partial charge in [0, 0.05) is 6.07 Å². The van der Waals surface area contributed by atoms with Crippen molar-refractivity contribution >= 4 is 29.0 Å². The molecule has 1 heterocycles. The molecule has 1 N–H and O–H groups in total. The van der Waals surface area contributed by atoms with Crippen LogP contribution in [-0.4, -0.2) is 9.91 Å². The number of benzene rings is 1. The van der Waals surface area contributed by atoms with Gasteiger partial charge < -0.3 is 10.1 Å². The van der Waals surface area contributed by atoms with Gasteiger partial charge in [-0.3, -0.25) is 0 Å². The van der Waals surface area contributed by atoms with E-state index in [2.05, 4.69) is 4.98 Å². The van der Waals surface area contributed by atoms with E-state index in [1.54, 1.807) is 0 Å². The van der Waals surface area contributed by atoms with Gasteiger partial charge in [-0.05, 0) is 34.2 Å². The SMILES string of the molecule is O=[N+]([O-])c1[nH]c(Cl)c(Cl)c1-c1cc(F)cc(F)c1. The fraction of sp³-hybridized carbons (Fsp3) is 0. The van der Waals surface area contributed by atoms with Crippen LogP contribution in [0.25, 0.3) is 11.1 Å². The Hall–Kier alpha value is -1.66. The zero-order chi connectivity index (χ0) is 13.4. The highest BCUT2D eigenvalue weighted by Gasteiger charge is 2.25. The Morgan fingerprint density at radius 3 is 2.22 bits per heavy atom. The number of halogens is 4. The van der Waals surface area contributed by atoms with E-state index in [4.69, 9.17) is 23.2 Å². The van der Waals surface area contributed by atoms with Crippen LogP contribution in [0, 0.1) is 21.7 Å². The molecule has 8 heteroatoms. The lowest BCUT2D eigenvalue weighted by Crippen LogP contribution is -1.91. The van der Waals surface area contributed by atoms with Gasteiger partial charge in [0.25, 0.3) is 0 Å². The van der Waals surface area contributed by atoms with Gasteiger partial charge in [-0.2, -0.15) is 0 Å². The van der Waals surface area contributed by atoms with Crippen LogP contribution in [0.15, 0.2) is 18.2 Å². The Morgan fingerprint density at radius 2 is 1.72 bits per heavy atom. The third-order valence-corrected chi connectivity index (χ3v) is 2.97. The van der Waals surface area contributed by atoms with Crippen molar-refractivity contribution in [1.82, 2.24) is 4.98 Å². The molecule has 0 fully saturated rings. The second-order valence-electron chi connectivity index (χ2n) is 3.39. The van der Waals surface area contributed by atoms with E-state index < -0.39 is 22.4 Å². The molecule has 0 saturated carbocycles. The zero-order valence-corrected chi connectivity index (χ0v) is 10.0. The first-order valence-corrected chi connectivity index (χ1v) is 5.33. The summed E-state index contributed by atoms with van der Waals surface area (Å²) in [4.78, 5) is 12.3. The van der Waals surface area contributed by atoms with Crippen LogP contribution < -0.4 is 0 Å². The molecule has 0 aliphatic heterocycles. The predicted molar refractivity (Wildman–Crippen MR) is 62.8 cm³/mol. The molecule has 0 spiro atoms. The molecule has 94 valence electrons. The Kier molecular flexibility index (Phi) is 3.23. The molecule has 18 heavy (non-hydrogen) atoms. The van der Waals surface area contributed by atoms with Crippen molar-refractivity contribution in [3.05, 3.63) is 50.1 Å². The molecule has 0 aliphatic rings. The number of nitrogens with zero attached hydrogens (tertiary/aromatic N) is 1. The quantitative estimate of drug-likeness (QED) is 0.667. The number of nitro groups is 1. The molecule has 0 radical (unpaired) electrons. The third kappa shape index (κ3) is 2.16. The summed E-state index contributed by atoms with van der Waals surface area (Å²) in [6.07, 6.45) is 0. The number of H-pyrrole nitrogens is 1. The van der Waals surface area contributed by atoms with Gasteiger partial charge in [0.1, 0.15) is 16.7 Å². The number of rotatable bonds is 2. The topological polar surface area (TPSA) is 58.9 Å². The lowest BCUT2D eigenvalue weighted by atomic mass is 10.1. The van der Waals surface area contributed by atoms with Crippen molar-refractivity contribution in [3.63, 3.8) is 0 Å². The molecular weight excluding hydrogens is 289 g/mol. The van der Waals surface area contributed by atoms with Crippen LogP contribution in [0.5, 0.6) is 0 Å². The maximum atomic E-state index is 13.1. The molecule has 0 atom stereocenters. The number of hydrogen-bond donors (Lipinski definition) is 1. The highest BCUT2D eigenvalue weighted by molar-refractivity contribution is 6.43. The minimum atomic E-state index is -0.868. The average Bonchev–Trinajstić information content (AvgIpc) is 2.54. The van der Waals surface area contributed by atoms with E-state index in [9.17, 15) is 18.9 Å². The zero-order valence-electron chi connectivity index (χ0n) is 8.51. The molecule has 2 aromatic rings. The average molecular weight is 293 g/mol. The normalized spacial score (nSPS) is 10.7. The molecule has 1 aromatic heterocycles. The standard InChI is InChI=1S/C10H4Cl2F2N2O2/c11-8-7(10(16(17)18)15-9(8)12)4-1-5(13)3-6(14)2-4/h1-3,15H. The third-order valence-electron chi connectivity index (χ3n) is 2.21. The molecule has 0 amide bonds. The first-order chi connectivity index (χ1) is 8.40. The van der Waals surface area contributed by atoms with E-state index in [-0.39, 0.29) is 21.3 Å². The number of aromatic amines is 1. The highest BCUT2D eigenvalue weighted by atomic mass is 35.5. The van der Waals surface area contributed by atoms with Gasteiger partial charge in [-0.15, -0.1) is 0 Å². The van der Waals surface area contributed by atoms with Gasteiger partial charge in [-0.25, -0.2) is 13.8 Å².